The predicted molar refractivity (Wildman–Crippen MR) is 27.8 cm³/mol. The molecule has 0 saturated heterocycles. The number of hydrogen-bond acceptors (Lipinski definition) is 2. The van der Waals surface area contributed by atoms with Crippen molar-refractivity contribution in [2.45, 2.75) is 13.0 Å². The van der Waals surface area contributed by atoms with Crippen LogP contribution in [-0.2, 0) is 0 Å². The van der Waals surface area contributed by atoms with Gasteiger partial charge in [-0.2, -0.15) is 0 Å². The third-order valence-electron chi connectivity index (χ3n) is 0.529. The zero-order valence-corrected chi connectivity index (χ0v) is 3.81. The molecule has 0 aliphatic carbocycles. The smallest absolute Gasteiger partial charge is 0.0808 e. The highest BCUT2D eigenvalue weighted by atomic mass is 14.7. The Hall–Kier alpha value is -0.660. The van der Waals surface area contributed by atoms with Crippen molar-refractivity contribution in [1.29, 1.82) is 5.41 Å². The zero-order chi connectivity index (χ0) is 4.99. The van der Waals surface area contributed by atoms with E-state index in [4.69, 9.17) is 5.41 Å². The van der Waals surface area contributed by atoms with E-state index in [1.165, 1.54) is 6.21 Å². The number of rotatable bonds is 2. The van der Waals surface area contributed by atoms with Gasteiger partial charge in [-0.15, -0.1) is 0 Å². The van der Waals surface area contributed by atoms with Crippen LogP contribution in [0.5, 0.6) is 0 Å². The van der Waals surface area contributed by atoms with Gasteiger partial charge in [-0.3, -0.25) is 4.99 Å². The van der Waals surface area contributed by atoms with E-state index in [1.807, 2.05) is 0 Å². The lowest BCUT2D eigenvalue weighted by atomic mass is 10.4. The van der Waals surface area contributed by atoms with Gasteiger partial charge in [-0.1, -0.05) is 0 Å². The monoisotopic (exact) mass is 84.1 g/mol. The minimum atomic E-state index is -0.00926. The predicted octanol–water partition coefficient (Wildman–Crippen LogP) is 0.725. The van der Waals surface area contributed by atoms with E-state index in [2.05, 4.69) is 11.7 Å². The molecule has 1 atom stereocenters. The fourth-order valence-corrected chi connectivity index (χ4v) is 0.0527. The molecule has 0 aliphatic rings. The van der Waals surface area contributed by atoms with Gasteiger partial charge in [0.2, 0.25) is 0 Å². The number of nitrogens with one attached hydrogen (secondary N) is 1. The van der Waals surface area contributed by atoms with Crippen LogP contribution < -0.4 is 0 Å². The second-order valence-corrected chi connectivity index (χ2v) is 1.09. The fourth-order valence-electron chi connectivity index (χ4n) is 0.0527. The normalized spacial score (nSPS) is 12.8. The lowest BCUT2D eigenvalue weighted by Crippen LogP contribution is -1.94. The molecule has 2 nitrogen and oxygen atoms in total. The van der Waals surface area contributed by atoms with E-state index in [0.29, 0.717) is 0 Å². The van der Waals surface area contributed by atoms with Crippen molar-refractivity contribution in [3.8, 4) is 0 Å². The van der Waals surface area contributed by atoms with Crippen LogP contribution in [0.1, 0.15) is 6.92 Å². The molecule has 0 fully saturated rings. The molecular weight excluding hydrogens is 76.1 g/mol. The van der Waals surface area contributed by atoms with Crippen LogP contribution in [0.3, 0.4) is 0 Å². The summed E-state index contributed by atoms with van der Waals surface area (Å²) in [5, 5.41) is 6.55. The van der Waals surface area contributed by atoms with Gasteiger partial charge in [0.25, 0.3) is 0 Å². The van der Waals surface area contributed by atoms with Crippen LogP contribution in [0.4, 0.5) is 0 Å². The molecule has 0 bridgehead atoms. The quantitative estimate of drug-likeness (QED) is 0.479. The third-order valence-corrected chi connectivity index (χ3v) is 0.529. The molecule has 0 spiro atoms. The molecule has 0 rings (SSSR count). The summed E-state index contributed by atoms with van der Waals surface area (Å²) in [4.78, 5) is 3.51. The second-order valence-electron chi connectivity index (χ2n) is 1.09. The van der Waals surface area contributed by atoms with Crippen molar-refractivity contribution in [1.82, 2.24) is 0 Å². The summed E-state index contributed by atoms with van der Waals surface area (Å²) in [6, 6.07) is -0.00926. The Labute approximate surface area is 37.4 Å². The fraction of sp³-hybridized carbons (Fsp3) is 0.500. The first kappa shape index (κ1) is 5.34. The molecule has 34 valence electrons. The molecule has 2 heteroatoms. The summed E-state index contributed by atoms with van der Waals surface area (Å²) in [6.45, 7) is 5.04. The van der Waals surface area contributed by atoms with Crippen LogP contribution in [0.2, 0.25) is 0 Å². The van der Waals surface area contributed by atoms with Gasteiger partial charge in [-0.05, 0) is 13.6 Å². The van der Waals surface area contributed by atoms with Crippen LogP contribution in [0.25, 0.3) is 0 Å². The Bertz CT molecular complexity index is 50.6. The first-order valence-electron chi connectivity index (χ1n) is 1.77. The first-order chi connectivity index (χ1) is 2.81. The van der Waals surface area contributed by atoms with Crippen molar-refractivity contribution in [2.75, 3.05) is 0 Å². The SMILES string of the molecule is C=NC(C)C=N. The molecule has 0 heterocycles. The number of aliphatic imine (C=N–C) groups is 1. The van der Waals surface area contributed by atoms with Crippen LogP contribution >= 0.6 is 0 Å². The molecule has 0 saturated carbocycles. The van der Waals surface area contributed by atoms with Gasteiger partial charge in [0.1, 0.15) is 0 Å². The van der Waals surface area contributed by atoms with E-state index in [9.17, 15) is 0 Å². The summed E-state index contributed by atoms with van der Waals surface area (Å²) >= 11 is 0. The lowest BCUT2D eigenvalue weighted by molar-refractivity contribution is 1.00. The van der Waals surface area contributed by atoms with Crippen molar-refractivity contribution in [2.24, 2.45) is 4.99 Å². The summed E-state index contributed by atoms with van der Waals surface area (Å²) < 4.78 is 0. The minimum Gasteiger partial charge on any atom is -0.311 e. The molecule has 1 unspecified atom stereocenters. The van der Waals surface area contributed by atoms with Gasteiger partial charge in [0, 0.05) is 6.21 Å². The van der Waals surface area contributed by atoms with Crippen molar-refractivity contribution >= 4 is 12.9 Å². The molecule has 0 aliphatic heterocycles. The Balaban J connectivity index is 3.21. The average Bonchev–Trinajstić information content (AvgIpc) is 1.65. The lowest BCUT2D eigenvalue weighted by Gasteiger charge is -1.87. The molecule has 0 radical (unpaired) electrons. The largest absolute Gasteiger partial charge is 0.311 e. The van der Waals surface area contributed by atoms with E-state index in [1.54, 1.807) is 6.92 Å². The van der Waals surface area contributed by atoms with Gasteiger partial charge >= 0.3 is 0 Å². The van der Waals surface area contributed by atoms with Crippen molar-refractivity contribution < 1.29 is 0 Å². The summed E-state index contributed by atoms with van der Waals surface area (Å²) in [5.74, 6) is 0. The number of nitrogens with zero attached hydrogens (tertiary/aromatic N) is 1. The Morgan fingerprint density at radius 1 is 2.00 bits per heavy atom. The Morgan fingerprint density at radius 2 is 2.50 bits per heavy atom. The van der Waals surface area contributed by atoms with Crippen LogP contribution in [0.15, 0.2) is 4.99 Å². The highest BCUT2D eigenvalue weighted by Crippen LogP contribution is 1.75. The molecule has 0 amide bonds. The summed E-state index contributed by atoms with van der Waals surface area (Å²) in [6.07, 6.45) is 1.24. The highest BCUT2D eigenvalue weighted by Gasteiger charge is 1.81. The van der Waals surface area contributed by atoms with Crippen molar-refractivity contribution in [3.05, 3.63) is 0 Å². The van der Waals surface area contributed by atoms with Gasteiger partial charge in [-0.25, -0.2) is 0 Å². The molecule has 0 aromatic rings. The standard InChI is InChI=1S/C4H8N2/c1-4(3-5)6-2/h3-5H,2H2,1H3. The molecule has 0 aromatic heterocycles. The van der Waals surface area contributed by atoms with E-state index in [0.717, 1.165) is 0 Å². The van der Waals surface area contributed by atoms with E-state index < -0.39 is 0 Å². The van der Waals surface area contributed by atoms with Gasteiger partial charge < -0.3 is 5.41 Å². The summed E-state index contributed by atoms with van der Waals surface area (Å²) in [5.41, 5.74) is 0. The van der Waals surface area contributed by atoms with Crippen LogP contribution in [-0.4, -0.2) is 19.0 Å². The average molecular weight is 84.1 g/mol. The molecule has 1 N–H and O–H groups in total. The topological polar surface area (TPSA) is 36.2 Å². The second kappa shape index (κ2) is 2.57. The zero-order valence-electron chi connectivity index (χ0n) is 3.81. The Kier molecular flexibility index (Phi) is 2.29. The summed E-state index contributed by atoms with van der Waals surface area (Å²) in [7, 11) is 0. The maximum atomic E-state index is 6.55. The van der Waals surface area contributed by atoms with Crippen LogP contribution in [0, 0.1) is 5.41 Å². The Morgan fingerprint density at radius 3 is 2.50 bits per heavy atom. The number of hydrogen-bond donors (Lipinski definition) is 1. The van der Waals surface area contributed by atoms with Crippen molar-refractivity contribution in [3.63, 3.8) is 0 Å². The molecule has 0 aromatic carbocycles. The van der Waals surface area contributed by atoms with E-state index >= 15 is 0 Å². The molecular formula is C4H8N2. The minimum absolute atomic E-state index is 0.00926. The first-order valence-corrected chi connectivity index (χ1v) is 1.77. The van der Waals surface area contributed by atoms with E-state index in [-0.39, 0.29) is 6.04 Å². The van der Waals surface area contributed by atoms with Gasteiger partial charge in [0.15, 0.2) is 0 Å². The third kappa shape index (κ3) is 1.64. The highest BCUT2D eigenvalue weighted by molar-refractivity contribution is 5.61. The van der Waals surface area contributed by atoms with Gasteiger partial charge in [0.05, 0.1) is 6.04 Å². The maximum Gasteiger partial charge on any atom is 0.0808 e. The maximum absolute atomic E-state index is 6.55. The molecule has 6 heavy (non-hydrogen) atoms.